The number of rotatable bonds is 6. The first-order valence-electron chi connectivity index (χ1n) is 11.0. The molecule has 9 heteroatoms. The number of hydrogen-bond acceptors (Lipinski definition) is 4. The van der Waals surface area contributed by atoms with E-state index < -0.39 is 52.9 Å². The van der Waals surface area contributed by atoms with Gasteiger partial charge in [0, 0.05) is 6.04 Å². The molecule has 0 radical (unpaired) electrons. The van der Waals surface area contributed by atoms with Crippen LogP contribution >= 0.6 is 0 Å². The fraction of sp³-hybridized carbons (Fsp3) is 0.400. The number of carbonyl (C=O) groups excluding carboxylic acids is 2. The molecule has 0 aliphatic carbocycles. The van der Waals surface area contributed by atoms with E-state index in [0.29, 0.717) is 5.56 Å². The quantitative estimate of drug-likeness (QED) is 0.618. The van der Waals surface area contributed by atoms with E-state index in [2.05, 4.69) is 5.32 Å². The number of aliphatic carboxylic acids is 1. The van der Waals surface area contributed by atoms with Crippen molar-refractivity contribution in [1.82, 2.24) is 10.2 Å². The van der Waals surface area contributed by atoms with Crippen LogP contribution in [0.25, 0.3) is 0 Å². The average Bonchev–Trinajstić information content (AvgIpc) is 3.24. The zero-order chi connectivity index (χ0) is 24.8. The Kier molecular flexibility index (Phi) is 6.01. The molecule has 4 rings (SSSR count). The first kappa shape index (κ1) is 23.9. The van der Waals surface area contributed by atoms with Crippen LogP contribution in [0.15, 0.2) is 54.6 Å². The Morgan fingerprint density at radius 3 is 2.35 bits per heavy atom. The maximum absolute atomic E-state index is 13.5. The first-order valence-corrected chi connectivity index (χ1v) is 11.0. The van der Waals surface area contributed by atoms with Gasteiger partial charge in [-0.2, -0.15) is 13.2 Å². The van der Waals surface area contributed by atoms with Gasteiger partial charge in [-0.05, 0) is 35.6 Å². The SMILES string of the molecule is CC(C)CC1(C(=O)O)NC(c2cccc(C(F)(F)F)c2)C2C(=O)N(Cc3ccccc3)C(=O)C21. The second-order valence-electron chi connectivity index (χ2n) is 9.37. The van der Waals surface area contributed by atoms with Crippen molar-refractivity contribution in [1.29, 1.82) is 0 Å². The van der Waals surface area contributed by atoms with Crippen LogP contribution in [0, 0.1) is 17.8 Å². The van der Waals surface area contributed by atoms with Crippen LogP contribution in [0.3, 0.4) is 0 Å². The molecule has 4 unspecified atom stereocenters. The highest BCUT2D eigenvalue weighted by atomic mass is 19.4. The lowest BCUT2D eigenvalue weighted by molar-refractivity contribution is -0.152. The largest absolute Gasteiger partial charge is 0.480 e. The van der Waals surface area contributed by atoms with Gasteiger partial charge in [0.25, 0.3) is 0 Å². The number of alkyl halides is 3. The molecule has 2 saturated heterocycles. The normalized spacial score (nSPS) is 26.9. The van der Waals surface area contributed by atoms with Crippen LogP contribution in [-0.4, -0.2) is 33.3 Å². The lowest BCUT2D eigenvalue weighted by Crippen LogP contribution is -2.56. The van der Waals surface area contributed by atoms with Gasteiger partial charge in [0.15, 0.2) is 0 Å². The molecule has 2 fully saturated rings. The second kappa shape index (κ2) is 8.54. The number of halogens is 3. The van der Waals surface area contributed by atoms with Crippen molar-refractivity contribution >= 4 is 17.8 Å². The fourth-order valence-corrected chi connectivity index (χ4v) is 5.29. The molecule has 2 N–H and O–H groups in total. The summed E-state index contributed by atoms with van der Waals surface area (Å²) in [5, 5.41) is 13.2. The third-order valence-electron chi connectivity index (χ3n) is 6.61. The van der Waals surface area contributed by atoms with Gasteiger partial charge in [-0.1, -0.05) is 56.3 Å². The predicted octanol–water partition coefficient (Wildman–Crippen LogP) is 4.02. The summed E-state index contributed by atoms with van der Waals surface area (Å²) in [4.78, 5) is 40.7. The molecule has 0 spiro atoms. The second-order valence-corrected chi connectivity index (χ2v) is 9.37. The van der Waals surface area contributed by atoms with Gasteiger partial charge in [-0.3, -0.25) is 24.6 Å². The minimum Gasteiger partial charge on any atom is -0.480 e. The molecule has 34 heavy (non-hydrogen) atoms. The molecule has 2 aliphatic heterocycles. The Morgan fingerprint density at radius 2 is 1.76 bits per heavy atom. The zero-order valence-corrected chi connectivity index (χ0v) is 18.7. The van der Waals surface area contributed by atoms with Crippen molar-refractivity contribution in [2.24, 2.45) is 17.8 Å². The molecule has 0 aromatic heterocycles. The molecule has 0 bridgehead atoms. The van der Waals surface area contributed by atoms with Crippen molar-refractivity contribution < 1.29 is 32.7 Å². The number of carboxylic acid groups (broad SMARTS) is 1. The van der Waals surface area contributed by atoms with Gasteiger partial charge in [0.1, 0.15) is 5.54 Å². The lowest BCUT2D eigenvalue weighted by Gasteiger charge is -2.32. The summed E-state index contributed by atoms with van der Waals surface area (Å²) in [5.74, 6) is -5.02. The smallest absolute Gasteiger partial charge is 0.416 e. The van der Waals surface area contributed by atoms with Crippen molar-refractivity contribution in [2.45, 2.75) is 44.6 Å². The molecule has 2 aromatic carbocycles. The third kappa shape index (κ3) is 3.98. The molecule has 2 amide bonds. The highest BCUT2D eigenvalue weighted by Crippen LogP contribution is 2.51. The number of nitrogens with one attached hydrogen (secondary N) is 1. The van der Waals surface area contributed by atoms with Crippen molar-refractivity contribution in [3.8, 4) is 0 Å². The van der Waals surface area contributed by atoms with Crippen molar-refractivity contribution in [3.05, 3.63) is 71.3 Å². The highest BCUT2D eigenvalue weighted by molar-refractivity contribution is 6.09. The standard InChI is InChI=1S/C25H25F3N2O4/c1-14(2)12-24(23(33)34)19-18(20(29-24)16-9-6-10-17(11-16)25(26,27)28)21(31)30(22(19)32)13-15-7-4-3-5-8-15/h3-11,14,18-20,29H,12-13H2,1-2H3,(H,33,34). The minimum absolute atomic E-state index is 0.0296. The molecule has 0 saturated carbocycles. The number of nitrogens with zero attached hydrogens (tertiary/aromatic N) is 1. The molecule has 2 aliphatic rings. The maximum Gasteiger partial charge on any atom is 0.416 e. The van der Waals surface area contributed by atoms with Crippen LogP contribution < -0.4 is 5.32 Å². The Hall–Kier alpha value is -3.20. The van der Waals surface area contributed by atoms with E-state index in [9.17, 15) is 32.7 Å². The minimum atomic E-state index is -4.61. The van der Waals surface area contributed by atoms with Gasteiger partial charge in [-0.25, -0.2) is 0 Å². The zero-order valence-electron chi connectivity index (χ0n) is 18.7. The van der Waals surface area contributed by atoms with Crippen LogP contribution in [0.5, 0.6) is 0 Å². The molecule has 4 atom stereocenters. The molecular formula is C25H25F3N2O4. The van der Waals surface area contributed by atoms with Gasteiger partial charge < -0.3 is 5.11 Å². The Labute approximate surface area is 194 Å². The topological polar surface area (TPSA) is 86.7 Å². The highest BCUT2D eigenvalue weighted by Gasteiger charge is 2.68. The summed E-state index contributed by atoms with van der Waals surface area (Å²) in [7, 11) is 0. The van der Waals surface area contributed by atoms with E-state index in [-0.39, 0.29) is 24.4 Å². The van der Waals surface area contributed by atoms with Crippen LogP contribution in [0.4, 0.5) is 13.2 Å². The van der Waals surface area contributed by atoms with E-state index in [1.165, 1.54) is 12.1 Å². The van der Waals surface area contributed by atoms with E-state index >= 15 is 0 Å². The summed E-state index contributed by atoms with van der Waals surface area (Å²) in [5.41, 5.74) is -1.87. The number of hydrogen-bond donors (Lipinski definition) is 2. The van der Waals surface area contributed by atoms with E-state index in [1.54, 1.807) is 44.2 Å². The molecule has 2 heterocycles. The van der Waals surface area contributed by atoms with E-state index in [0.717, 1.165) is 17.0 Å². The van der Waals surface area contributed by atoms with Crippen LogP contribution in [-0.2, 0) is 27.1 Å². The van der Waals surface area contributed by atoms with Gasteiger partial charge in [-0.15, -0.1) is 0 Å². The third-order valence-corrected chi connectivity index (χ3v) is 6.61. The molecule has 6 nitrogen and oxygen atoms in total. The van der Waals surface area contributed by atoms with E-state index in [4.69, 9.17) is 0 Å². The number of fused-ring (bicyclic) bond motifs is 1. The number of carbonyl (C=O) groups is 3. The number of benzene rings is 2. The molecule has 2 aromatic rings. The lowest BCUT2D eigenvalue weighted by atomic mass is 9.75. The maximum atomic E-state index is 13.5. The first-order chi connectivity index (χ1) is 16.0. The summed E-state index contributed by atoms with van der Waals surface area (Å²) < 4.78 is 40.1. The Bertz CT molecular complexity index is 1120. The molecule has 180 valence electrons. The summed E-state index contributed by atoms with van der Waals surface area (Å²) >= 11 is 0. The Balaban J connectivity index is 1.81. The van der Waals surface area contributed by atoms with Crippen LogP contribution in [0.1, 0.15) is 43.0 Å². The van der Waals surface area contributed by atoms with Gasteiger partial charge in [0.2, 0.25) is 11.8 Å². The fourth-order valence-electron chi connectivity index (χ4n) is 5.29. The van der Waals surface area contributed by atoms with Crippen molar-refractivity contribution in [3.63, 3.8) is 0 Å². The van der Waals surface area contributed by atoms with Gasteiger partial charge >= 0.3 is 12.1 Å². The summed E-state index contributed by atoms with van der Waals surface area (Å²) in [6.07, 6.45) is -4.57. The monoisotopic (exact) mass is 474 g/mol. The number of carboxylic acids is 1. The Morgan fingerprint density at radius 1 is 1.09 bits per heavy atom. The summed E-state index contributed by atoms with van der Waals surface area (Å²) in [6.45, 7) is 3.56. The number of amides is 2. The number of imide groups is 1. The van der Waals surface area contributed by atoms with Crippen LogP contribution in [0.2, 0.25) is 0 Å². The van der Waals surface area contributed by atoms with Crippen molar-refractivity contribution in [2.75, 3.05) is 0 Å². The van der Waals surface area contributed by atoms with E-state index in [1.807, 2.05) is 0 Å². The number of likely N-dealkylation sites (tertiary alicyclic amines) is 1. The van der Waals surface area contributed by atoms with Gasteiger partial charge in [0.05, 0.1) is 23.9 Å². The molecular weight excluding hydrogens is 449 g/mol. The predicted molar refractivity (Wildman–Crippen MR) is 116 cm³/mol. The summed E-state index contributed by atoms with van der Waals surface area (Å²) in [6, 6.07) is 12.2. The average molecular weight is 474 g/mol.